The fourth-order valence-corrected chi connectivity index (χ4v) is 2.39. The van der Waals surface area contributed by atoms with Gasteiger partial charge in [-0.1, -0.05) is 19.1 Å². The lowest BCUT2D eigenvalue weighted by molar-refractivity contribution is 0.340. The lowest BCUT2D eigenvalue weighted by atomic mass is 10.1. The highest BCUT2D eigenvalue weighted by molar-refractivity contribution is 5.72. The molecule has 0 saturated heterocycles. The largest absolute Gasteiger partial charge is 0.494 e. The number of nitrogens with zero attached hydrogens (tertiary/aromatic N) is 2. The highest BCUT2D eigenvalue weighted by atomic mass is 16.5. The van der Waals surface area contributed by atoms with Crippen molar-refractivity contribution < 1.29 is 4.74 Å². The highest BCUT2D eigenvalue weighted by Crippen LogP contribution is 2.29. The Morgan fingerprint density at radius 3 is 2.70 bits per heavy atom. The van der Waals surface area contributed by atoms with Crippen LogP contribution in [0.1, 0.15) is 33.0 Å². The fourth-order valence-electron chi connectivity index (χ4n) is 2.39. The number of aryl methyl sites for hydroxylation is 1. The molecule has 0 saturated carbocycles. The summed E-state index contributed by atoms with van der Waals surface area (Å²) >= 11 is 0. The molecule has 2 N–H and O–H groups in total. The maximum absolute atomic E-state index is 6.26. The normalized spacial score (nSPS) is 10.8. The molecule has 1 aromatic heterocycles. The molecule has 0 atom stereocenters. The topological polar surface area (TPSA) is 53.1 Å². The first-order chi connectivity index (χ1) is 9.71. The van der Waals surface area contributed by atoms with E-state index >= 15 is 0 Å². The van der Waals surface area contributed by atoms with Crippen molar-refractivity contribution in [3.05, 3.63) is 30.1 Å². The number of benzene rings is 1. The van der Waals surface area contributed by atoms with Gasteiger partial charge in [0.15, 0.2) is 0 Å². The fraction of sp³-hybridized carbons (Fsp3) is 0.438. The molecule has 0 unspecified atom stereocenters. The van der Waals surface area contributed by atoms with Crippen molar-refractivity contribution in [3.8, 4) is 17.0 Å². The standard InChI is InChI=1S/C16H23N3O/c1-4-8-14-18-15(16(17)19(14)5-2)12-9-7-10-13(11-12)20-6-3/h7,9-11H,4-6,8,17H2,1-3H3. The zero-order chi connectivity index (χ0) is 14.5. The lowest BCUT2D eigenvalue weighted by Gasteiger charge is -2.06. The first-order valence-corrected chi connectivity index (χ1v) is 7.29. The van der Waals surface area contributed by atoms with E-state index in [0.717, 1.165) is 48.0 Å². The van der Waals surface area contributed by atoms with Crippen LogP contribution < -0.4 is 10.5 Å². The van der Waals surface area contributed by atoms with E-state index in [4.69, 9.17) is 15.5 Å². The summed E-state index contributed by atoms with van der Waals surface area (Å²) in [4.78, 5) is 4.72. The quantitative estimate of drug-likeness (QED) is 0.876. The minimum Gasteiger partial charge on any atom is -0.494 e. The van der Waals surface area contributed by atoms with Gasteiger partial charge in [0.25, 0.3) is 0 Å². The maximum atomic E-state index is 6.26. The number of anilines is 1. The second-order valence-electron chi connectivity index (χ2n) is 4.72. The summed E-state index contributed by atoms with van der Waals surface area (Å²) < 4.78 is 7.63. The molecule has 1 heterocycles. The van der Waals surface area contributed by atoms with E-state index in [2.05, 4.69) is 18.4 Å². The van der Waals surface area contributed by atoms with Crippen LogP contribution in [-0.2, 0) is 13.0 Å². The molecule has 0 aliphatic carbocycles. The molecule has 4 nitrogen and oxygen atoms in total. The number of nitrogen functional groups attached to an aromatic ring is 1. The molecule has 20 heavy (non-hydrogen) atoms. The third kappa shape index (κ3) is 2.79. The van der Waals surface area contributed by atoms with Gasteiger partial charge < -0.3 is 15.0 Å². The SMILES string of the molecule is CCCc1nc(-c2cccc(OCC)c2)c(N)n1CC. The van der Waals surface area contributed by atoms with Crippen molar-refractivity contribution in [2.75, 3.05) is 12.3 Å². The summed E-state index contributed by atoms with van der Waals surface area (Å²) in [5.74, 6) is 2.65. The minimum atomic E-state index is 0.656. The van der Waals surface area contributed by atoms with Crippen LogP contribution in [0.4, 0.5) is 5.82 Å². The Morgan fingerprint density at radius 2 is 2.05 bits per heavy atom. The summed E-state index contributed by atoms with van der Waals surface area (Å²) in [5, 5.41) is 0. The van der Waals surface area contributed by atoms with Crippen LogP contribution in [0.5, 0.6) is 5.75 Å². The van der Waals surface area contributed by atoms with E-state index in [1.165, 1.54) is 0 Å². The molecule has 0 bridgehead atoms. The van der Waals surface area contributed by atoms with Crippen LogP contribution >= 0.6 is 0 Å². The Morgan fingerprint density at radius 1 is 1.25 bits per heavy atom. The molecule has 0 aliphatic heterocycles. The summed E-state index contributed by atoms with van der Waals surface area (Å²) in [7, 11) is 0. The predicted octanol–water partition coefficient (Wildman–Crippen LogP) is 3.50. The lowest BCUT2D eigenvalue weighted by Crippen LogP contribution is -2.05. The second kappa shape index (κ2) is 6.46. The number of rotatable bonds is 6. The molecule has 0 aliphatic rings. The Kier molecular flexibility index (Phi) is 4.66. The number of aromatic nitrogens is 2. The van der Waals surface area contributed by atoms with Crippen LogP contribution in [0.3, 0.4) is 0 Å². The van der Waals surface area contributed by atoms with Gasteiger partial charge in [-0.05, 0) is 32.4 Å². The third-order valence-corrected chi connectivity index (χ3v) is 3.29. The maximum Gasteiger partial charge on any atom is 0.131 e. The Bertz CT molecular complexity index is 575. The zero-order valence-electron chi connectivity index (χ0n) is 12.5. The smallest absolute Gasteiger partial charge is 0.131 e. The molecule has 0 amide bonds. The third-order valence-electron chi connectivity index (χ3n) is 3.29. The van der Waals surface area contributed by atoms with Gasteiger partial charge in [-0.15, -0.1) is 0 Å². The highest BCUT2D eigenvalue weighted by Gasteiger charge is 2.15. The van der Waals surface area contributed by atoms with E-state index in [9.17, 15) is 0 Å². The molecule has 2 rings (SSSR count). The second-order valence-corrected chi connectivity index (χ2v) is 4.72. The van der Waals surface area contributed by atoms with E-state index in [1.54, 1.807) is 0 Å². The van der Waals surface area contributed by atoms with Crippen molar-refractivity contribution >= 4 is 5.82 Å². The molecule has 2 aromatic rings. The summed E-state index contributed by atoms with van der Waals surface area (Å²) in [6.07, 6.45) is 2.01. The predicted molar refractivity (Wildman–Crippen MR) is 82.9 cm³/mol. The molecular weight excluding hydrogens is 250 g/mol. The van der Waals surface area contributed by atoms with Crippen molar-refractivity contribution in [2.45, 2.75) is 40.2 Å². The average Bonchev–Trinajstić information content (AvgIpc) is 2.76. The van der Waals surface area contributed by atoms with Gasteiger partial charge in [-0.25, -0.2) is 4.98 Å². The van der Waals surface area contributed by atoms with Gasteiger partial charge in [0.1, 0.15) is 23.1 Å². The molecule has 0 radical (unpaired) electrons. The number of nitrogens with two attached hydrogens (primary N) is 1. The van der Waals surface area contributed by atoms with Gasteiger partial charge in [-0.2, -0.15) is 0 Å². The van der Waals surface area contributed by atoms with Crippen molar-refractivity contribution in [3.63, 3.8) is 0 Å². The summed E-state index contributed by atoms with van der Waals surface area (Å²) in [6.45, 7) is 7.73. The van der Waals surface area contributed by atoms with Gasteiger partial charge in [-0.3, -0.25) is 0 Å². The molecule has 1 aromatic carbocycles. The molecule has 0 fully saturated rings. The molecular formula is C16H23N3O. The van der Waals surface area contributed by atoms with Crippen LogP contribution in [0.2, 0.25) is 0 Å². The van der Waals surface area contributed by atoms with E-state index in [0.29, 0.717) is 6.61 Å². The van der Waals surface area contributed by atoms with Gasteiger partial charge in [0.05, 0.1) is 6.61 Å². The van der Waals surface area contributed by atoms with Gasteiger partial charge in [0.2, 0.25) is 0 Å². The van der Waals surface area contributed by atoms with E-state index < -0.39 is 0 Å². The summed E-state index contributed by atoms with van der Waals surface area (Å²) in [6, 6.07) is 7.95. The Hall–Kier alpha value is -1.97. The summed E-state index contributed by atoms with van der Waals surface area (Å²) in [5.41, 5.74) is 8.13. The van der Waals surface area contributed by atoms with Crippen LogP contribution in [0.25, 0.3) is 11.3 Å². The average molecular weight is 273 g/mol. The van der Waals surface area contributed by atoms with Gasteiger partial charge in [0, 0.05) is 18.5 Å². The number of hydrogen-bond donors (Lipinski definition) is 1. The van der Waals surface area contributed by atoms with Gasteiger partial charge >= 0.3 is 0 Å². The molecule has 4 heteroatoms. The van der Waals surface area contributed by atoms with Crippen LogP contribution in [0, 0.1) is 0 Å². The van der Waals surface area contributed by atoms with Crippen molar-refractivity contribution in [1.29, 1.82) is 0 Å². The van der Waals surface area contributed by atoms with Crippen LogP contribution in [-0.4, -0.2) is 16.2 Å². The first kappa shape index (κ1) is 14.4. The van der Waals surface area contributed by atoms with Crippen molar-refractivity contribution in [1.82, 2.24) is 9.55 Å². The molecule has 108 valence electrons. The zero-order valence-corrected chi connectivity index (χ0v) is 12.5. The van der Waals surface area contributed by atoms with E-state index in [-0.39, 0.29) is 0 Å². The Balaban J connectivity index is 2.44. The number of ether oxygens (including phenoxy) is 1. The monoisotopic (exact) mass is 273 g/mol. The van der Waals surface area contributed by atoms with Crippen LogP contribution in [0.15, 0.2) is 24.3 Å². The van der Waals surface area contributed by atoms with E-state index in [1.807, 2.05) is 31.2 Å². The van der Waals surface area contributed by atoms with Crippen molar-refractivity contribution in [2.24, 2.45) is 0 Å². The molecule has 0 spiro atoms. The number of hydrogen-bond acceptors (Lipinski definition) is 3. The Labute approximate surface area is 120 Å². The first-order valence-electron chi connectivity index (χ1n) is 7.29. The number of imidazole rings is 1. The minimum absolute atomic E-state index is 0.656.